The molecule has 8 heteroatoms. The molecule has 0 bridgehead atoms. The van der Waals surface area contributed by atoms with Gasteiger partial charge in [-0.25, -0.2) is 4.98 Å². The highest BCUT2D eigenvalue weighted by Gasteiger charge is 2.13. The first kappa shape index (κ1) is 16.6. The van der Waals surface area contributed by atoms with Crippen molar-refractivity contribution < 1.29 is 9.52 Å². The van der Waals surface area contributed by atoms with Gasteiger partial charge in [-0.1, -0.05) is 23.7 Å². The van der Waals surface area contributed by atoms with E-state index in [1.165, 1.54) is 17.4 Å². The van der Waals surface area contributed by atoms with Crippen molar-refractivity contribution in [2.75, 3.05) is 0 Å². The van der Waals surface area contributed by atoms with Gasteiger partial charge in [0.1, 0.15) is 22.7 Å². The van der Waals surface area contributed by atoms with Crippen molar-refractivity contribution in [1.29, 1.82) is 0 Å². The van der Waals surface area contributed by atoms with E-state index in [1.54, 1.807) is 12.1 Å². The fraction of sp³-hybridized carbons (Fsp3) is 0.0556. The van der Waals surface area contributed by atoms with Crippen molar-refractivity contribution >= 4 is 33.2 Å². The van der Waals surface area contributed by atoms with Crippen molar-refractivity contribution in [3.05, 3.63) is 79.6 Å². The molecule has 0 aliphatic heterocycles. The number of benzene rings is 1. The average molecular weight is 387 g/mol. The second-order valence-corrected chi connectivity index (χ2v) is 7.11. The second kappa shape index (κ2) is 6.44. The Morgan fingerprint density at radius 1 is 1.23 bits per heavy atom. The largest absolute Gasteiger partial charge is 0.502 e. The number of H-pyrrole nitrogens is 1. The molecule has 6 nitrogen and oxygen atoms in total. The molecule has 4 aromatic rings. The zero-order valence-electron chi connectivity index (χ0n) is 13.2. The van der Waals surface area contributed by atoms with E-state index in [0.717, 1.165) is 11.8 Å². The van der Waals surface area contributed by atoms with Crippen LogP contribution in [-0.4, -0.2) is 15.1 Å². The van der Waals surface area contributed by atoms with Crippen LogP contribution in [-0.2, 0) is 6.42 Å². The average Bonchev–Trinajstić information content (AvgIpc) is 3.02. The maximum atomic E-state index is 12.4. The van der Waals surface area contributed by atoms with E-state index in [-0.39, 0.29) is 11.3 Å². The molecule has 0 amide bonds. The van der Waals surface area contributed by atoms with E-state index in [1.807, 2.05) is 18.2 Å². The fourth-order valence-electron chi connectivity index (χ4n) is 2.56. The lowest BCUT2D eigenvalue weighted by Crippen LogP contribution is -2.10. The summed E-state index contributed by atoms with van der Waals surface area (Å²) in [5.74, 6) is 0.326. The van der Waals surface area contributed by atoms with Gasteiger partial charge < -0.3 is 14.5 Å². The van der Waals surface area contributed by atoms with Gasteiger partial charge >= 0.3 is 0 Å². The third-order valence-corrected chi connectivity index (χ3v) is 5.05. The van der Waals surface area contributed by atoms with Crippen molar-refractivity contribution in [1.82, 2.24) is 9.97 Å². The summed E-state index contributed by atoms with van der Waals surface area (Å²) in [7, 11) is 0. The summed E-state index contributed by atoms with van der Waals surface area (Å²) in [4.78, 5) is 32.3. The maximum Gasteiger partial charge on any atom is 0.259 e. The predicted octanol–water partition coefficient (Wildman–Crippen LogP) is 3.55. The molecule has 0 unspecified atom stereocenters. The molecular weight excluding hydrogens is 376 g/mol. The van der Waals surface area contributed by atoms with Gasteiger partial charge in [0, 0.05) is 17.5 Å². The van der Waals surface area contributed by atoms with Crippen molar-refractivity contribution in [3.63, 3.8) is 0 Å². The number of aromatic nitrogens is 2. The number of fused-ring (bicyclic) bond motifs is 1. The van der Waals surface area contributed by atoms with Crippen LogP contribution in [0.5, 0.6) is 5.75 Å². The van der Waals surface area contributed by atoms with E-state index in [4.69, 9.17) is 16.0 Å². The highest BCUT2D eigenvalue weighted by Crippen LogP contribution is 2.31. The maximum absolute atomic E-state index is 12.4. The molecule has 0 fully saturated rings. The van der Waals surface area contributed by atoms with Gasteiger partial charge in [-0.3, -0.25) is 9.59 Å². The number of nitrogens with one attached hydrogen (secondary N) is 1. The molecule has 0 atom stereocenters. The quantitative estimate of drug-likeness (QED) is 0.561. The summed E-state index contributed by atoms with van der Waals surface area (Å²) in [5, 5.41) is 10.3. The summed E-state index contributed by atoms with van der Waals surface area (Å²) in [5.41, 5.74) is 0.115. The van der Waals surface area contributed by atoms with Crippen LogP contribution in [0.15, 0.2) is 56.7 Å². The highest BCUT2D eigenvalue weighted by molar-refractivity contribution is 7.21. The molecule has 2 N–H and O–H groups in total. The van der Waals surface area contributed by atoms with Gasteiger partial charge in [-0.05, 0) is 23.8 Å². The van der Waals surface area contributed by atoms with Gasteiger partial charge in [0.2, 0.25) is 5.43 Å². The third-order valence-electron chi connectivity index (χ3n) is 3.77. The molecule has 0 spiro atoms. The molecule has 130 valence electrons. The lowest BCUT2D eigenvalue weighted by atomic mass is 10.1. The van der Waals surface area contributed by atoms with E-state index in [2.05, 4.69) is 9.97 Å². The fourth-order valence-corrected chi connectivity index (χ4v) is 3.78. The Hall–Kier alpha value is -2.90. The van der Waals surface area contributed by atoms with Gasteiger partial charge in [0.15, 0.2) is 5.75 Å². The van der Waals surface area contributed by atoms with Crippen LogP contribution in [0.3, 0.4) is 0 Å². The number of rotatable bonds is 3. The number of aromatic amines is 1. The van der Waals surface area contributed by atoms with Crippen molar-refractivity contribution in [3.8, 4) is 16.4 Å². The Morgan fingerprint density at radius 2 is 2.08 bits per heavy atom. The minimum Gasteiger partial charge on any atom is -0.502 e. The van der Waals surface area contributed by atoms with Crippen LogP contribution in [0.4, 0.5) is 0 Å². The summed E-state index contributed by atoms with van der Waals surface area (Å²) in [6.45, 7) is 0. The minimum absolute atomic E-state index is 0.268. The standard InChI is InChI=1S/C18H11ClN2O4S/c19-10-3-1-2-9(4-10)5-16-20-17(24)11-6-15(26-18(11)21-16)14-7-12(22)13(23)8-25-14/h1-4,6-8,23H,5H2,(H,20,21,24). The second-order valence-electron chi connectivity index (χ2n) is 5.64. The predicted molar refractivity (Wildman–Crippen MR) is 100 cm³/mol. The molecular formula is C18H11ClN2O4S. The highest BCUT2D eigenvalue weighted by atomic mass is 35.5. The van der Waals surface area contributed by atoms with Crippen molar-refractivity contribution in [2.45, 2.75) is 6.42 Å². The monoisotopic (exact) mass is 386 g/mol. The molecule has 3 heterocycles. The molecule has 0 saturated carbocycles. The number of thiophene rings is 1. The SMILES string of the molecule is O=c1cc(-c2cc3c(=O)[nH]c(Cc4cccc(Cl)c4)nc3s2)occ1O. The van der Waals surface area contributed by atoms with Crippen LogP contribution in [0.1, 0.15) is 11.4 Å². The first-order chi connectivity index (χ1) is 12.5. The number of halogens is 1. The van der Waals surface area contributed by atoms with Gasteiger partial charge in [0.25, 0.3) is 5.56 Å². The molecule has 3 aromatic heterocycles. The molecule has 0 aliphatic rings. The van der Waals surface area contributed by atoms with Gasteiger partial charge in [0.05, 0.1) is 10.3 Å². The molecule has 0 radical (unpaired) electrons. The van der Waals surface area contributed by atoms with Crippen LogP contribution < -0.4 is 11.0 Å². The summed E-state index contributed by atoms with van der Waals surface area (Å²) >= 11 is 7.22. The molecule has 0 saturated heterocycles. The molecule has 4 rings (SSSR count). The Morgan fingerprint density at radius 3 is 2.85 bits per heavy atom. The lowest BCUT2D eigenvalue weighted by Gasteiger charge is -2.02. The molecule has 1 aromatic carbocycles. The van der Waals surface area contributed by atoms with Gasteiger partial charge in [-0.15, -0.1) is 11.3 Å². The smallest absolute Gasteiger partial charge is 0.259 e. The topological polar surface area (TPSA) is 96.2 Å². The number of aromatic hydroxyl groups is 1. The third kappa shape index (κ3) is 3.14. The van der Waals surface area contributed by atoms with Crippen LogP contribution in [0, 0.1) is 0 Å². The molecule has 26 heavy (non-hydrogen) atoms. The van der Waals surface area contributed by atoms with Crippen LogP contribution in [0.25, 0.3) is 20.9 Å². The van der Waals surface area contributed by atoms with Crippen LogP contribution in [0.2, 0.25) is 5.02 Å². The Bertz CT molecular complexity index is 1240. The van der Waals surface area contributed by atoms with E-state index in [9.17, 15) is 14.7 Å². The first-order valence-corrected chi connectivity index (χ1v) is 8.78. The Kier molecular flexibility index (Phi) is 4.10. The summed E-state index contributed by atoms with van der Waals surface area (Å²) in [6.07, 6.45) is 1.41. The zero-order valence-corrected chi connectivity index (χ0v) is 14.7. The zero-order chi connectivity index (χ0) is 18.3. The van der Waals surface area contributed by atoms with Crippen molar-refractivity contribution in [2.24, 2.45) is 0 Å². The van der Waals surface area contributed by atoms with E-state index < -0.39 is 11.2 Å². The lowest BCUT2D eigenvalue weighted by molar-refractivity contribution is 0.434. The molecule has 0 aliphatic carbocycles. The summed E-state index contributed by atoms with van der Waals surface area (Å²) < 4.78 is 5.24. The number of hydrogen-bond acceptors (Lipinski definition) is 6. The van der Waals surface area contributed by atoms with Crippen LogP contribution >= 0.6 is 22.9 Å². The van der Waals surface area contributed by atoms with Gasteiger partial charge in [-0.2, -0.15) is 0 Å². The minimum atomic E-state index is -0.549. The number of nitrogens with zero attached hydrogens (tertiary/aromatic N) is 1. The Balaban J connectivity index is 1.76. The summed E-state index contributed by atoms with van der Waals surface area (Å²) in [6, 6.07) is 10.1. The normalized spacial score (nSPS) is 11.1. The van der Waals surface area contributed by atoms with E-state index in [0.29, 0.717) is 32.4 Å². The number of hydrogen-bond donors (Lipinski definition) is 2. The Labute approximate surface area is 155 Å². The first-order valence-electron chi connectivity index (χ1n) is 7.59. The van der Waals surface area contributed by atoms with E-state index >= 15 is 0 Å².